The van der Waals surface area contributed by atoms with Crippen LogP contribution in [0.2, 0.25) is 0 Å². The minimum Gasteiger partial charge on any atom is -0.508 e. The van der Waals surface area contributed by atoms with Gasteiger partial charge in [-0.3, -0.25) is 0 Å². The van der Waals surface area contributed by atoms with Crippen LogP contribution in [-0.2, 0) is 12.1 Å². The maximum Gasteiger partial charge on any atom is 0.152 e. The molecule has 0 heterocycles. The highest BCUT2D eigenvalue weighted by atomic mass is 19.1. The number of benzene rings is 1. The van der Waals surface area contributed by atoms with E-state index in [-0.39, 0.29) is 12.3 Å². The number of fused-ring (bicyclic) bond motifs is 1. The van der Waals surface area contributed by atoms with Crippen LogP contribution in [-0.4, -0.2) is 11.7 Å². The molecule has 1 aromatic carbocycles. The van der Waals surface area contributed by atoms with E-state index in [1.165, 1.54) is 6.07 Å². The second-order valence-corrected chi connectivity index (χ2v) is 3.48. The van der Waals surface area contributed by atoms with Gasteiger partial charge in [-0.15, -0.1) is 0 Å². The summed E-state index contributed by atoms with van der Waals surface area (Å²) < 4.78 is 14.0. The largest absolute Gasteiger partial charge is 0.508 e. The van der Waals surface area contributed by atoms with Crippen LogP contribution < -0.4 is 5.73 Å². The molecular formula is C10H12FNO. The molecule has 1 aromatic rings. The van der Waals surface area contributed by atoms with Crippen LogP contribution in [0.4, 0.5) is 4.39 Å². The number of aryl methyl sites for hydroxylation is 1. The predicted octanol–water partition coefficient (Wildman–Crippen LogP) is 1.46. The van der Waals surface area contributed by atoms with Crippen molar-refractivity contribution in [2.45, 2.75) is 18.5 Å². The second kappa shape index (κ2) is 2.70. The van der Waals surface area contributed by atoms with Crippen molar-refractivity contribution in [3.63, 3.8) is 0 Å². The van der Waals surface area contributed by atoms with Gasteiger partial charge in [-0.1, -0.05) is 12.1 Å². The van der Waals surface area contributed by atoms with Crippen molar-refractivity contribution < 1.29 is 9.50 Å². The fraction of sp³-hybridized carbons (Fsp3) is 0.400. The number of halogens is 1. The number of hydrogen-bond acceptors (Lipinski definition) is 2. The Bertz CT molecular complexity index is 340. The van der Waals surface area contributed by atoms with Gasteiger partial charge in [0, 0.05) is 12.1 Å². The number of aromatic hydroxyl groups is 1. The van der Waals surface area contributed by atoms with Gasteiger partial charge in [0.25, 0.3) is 0 Å². The highest BCUT2D eigenvalue weighted by Crippen LogP contribution is 2.43. The highest BCUT2D eigenvalue weighted by molar-refractivity contribution is 5.47. The molecule has 0 saturated heterocycles. The lowest BCUT2D eigenvalue weighted by Gasteiger charge is -2.19. The fourth-order valence-corrected chi connectivity index (χ4v) is 1.97. The van der Waals surface area contributed by atoms with E-state index in [2.05, 4.69) is 0 Å². The molecule has 0 bridgehead atoms. The van der Waals surface area contributed by atoms with E-state index in [0.717, 1.165) is 5.56 Å². The molecule has 3 heteroatoms. The van der Waals surface area contributed by atoms with Crippen molar-refractivity contribution >= 4 is 0 Å². The smallest absolute Gasteiger partial charge is 0.152 e. The zero-order chi connectivity index (χ0) is 9.47. The third-order valence-corrected chi connectivity index (χ3v) is 2.69. The molecule has 0 radical (unpaired) electrons. The standard InChI is InChI=1S/C10H12FNO/c11-10(6-12)5-4-7-2-1-3-8(13)9(7)10/h1-3,13H,4-6,12H2. The summed E-state index contributed by atoms with van der Waals surface area (Å²) in [6.07, 6.45) is 1.05. The highest BCUT2D eigenvalue weighted by Gasteiger charge is 2.39. The molecular weight excluding hydrogens is 169 g/mol. The number of nitrogens with two attached hydrogens (primary N) is 1. The molecule has 70 valence electrons. The maximum atomic E-state index is 14.0. The molecule has 0 fully saturated rings. The summed E-state index contributed by atoms with van der Waals surface area (Å²) in [6.45, 7) is -0.0580. The van der Waals surface area contributed by atoms with Gasteiger partial charge in [0.15, 0.2) is 5.67 Å². The van der Waals surface area contributed by atoms with Crippen LogP contribution in [0.5, 0.6) is 5.75 Å². The normalized spacial score (nSPS) is 26.0. The lowest BCUT2D eigenvalue weighted by Crippen LogP contribution is -2.27. The third-order valence-electron chi connectivity index (χ3n) is 2.69. The van der Waals surface area contributed by atoms with Crippen molar-refractivity contribution in [3.05, 3.63) is 29.3 Å². The van der Waals surface area contributed by atoms with Gasteiger partial charge in [-0.05, 0) is 24.5 Å². The van der Waals surface area contributed by atoms with E-state index in [1.54, 1.807) is 6.07 Å². The average molecular weight is 181 g/mol. The Morgan fingerprint density at radius 1 is 1.54 bits per heavy atom. The first-order valence-corrected chi connectivity index (χ1v) is 4.38. The summed E-state index contributed by atoms with van der Waals surface area (Å²) in [5.74, 6) is 0.0305. The quantitative estimate of drug-likeness (QED) is 0.689. The molecule has 1 aliphatic carbocycles. The minimum atomic E-state index is -1.51. The number of alkyl halides is 1. The lowest BCUT2D eigenvalue weighted by atomic mass is 9.97. The monoisotopic (exact) mass is 181 g/mol. The third kappa shape index (κ3) is 1.11. The number of hydrogen-bond donors (Lipinski definition) is 2. The van der Waals surface area contributed by atoms with Gasteiger partial charge >= 0.3 is 0 Å². The van der Waals surface area contributed by atoms with E-state index in [1.807, 2.05) is 6.07 Å². The van der Waals surface area contributed by atoms with Crippen molar-refractivity contribution in [2.24, 2.45) is 5.73 Å². The predicted molar refractivity (Wildman–Crippen MR) is 48.3 cm³/mol. The van der Waals surface area contributed by atoms with E-state index < -0.39 is 5.67 Å². The molecule has 1 unspecified atom stereocenters. The Morgan fingerprint density at radius 2 is 2.31 bits per heavy atom. The van der Waals surface area contributed by atoms with Gasteiger partial charge in [0.05, 0.1) is 0 Å². The van der Waals surface area contributed by atoms with E-state index >= 15 is 0 Å². The molecule has 0 aliphatic heterocycles. The fourth-order valence-electron chi connectivity index (χ4n) is 1.97. The zero-order valence-electron chi connectivity index (χ0n) is 7.26. The van der Waals surface area contributed by atoms with Gasteiger partial charge in [-0.2, -0.15) is 0 Å². The summed E-state index contributed by atoms with van der Waals surface area (Å²) in [5.41, 5.74) is 5.14. The van der Waals surface area contributed by atoms with E-state index in [0.29, 0.717) is 18.4 Å². The summed E-state index contributed by atoms with van der Waals surface area (Å²) in [7, 11) is 0. The lowest BCUT2D eigenvalue weighted by molar-refractivity contribution is 0.173. The van der Waals surface area contributed by atoms with Crippen LogP contribution in [0.15, 0.2) is 18.2 Å². The molecule has 13 heavy (non-hydrogen) atoms. The Morgan fingerprint density at radius 3 is 3.00 bits per heavy atom. The van der Waals surface area contributed by atoms with Crippen molar-refractivity contribution in [1.29, 1.82) is 0 Å². The van der Waals surface area contributed by atoms with Crippen LogP contribution in [0.25, 0.3) is 0 Å². The average Bonchev–Trinajstić information content (AvgIpc) is 2.47. The Kier molecular flexibility index (Phi) is 1.77. The van der Waals surface area contributed by atoms with Crippen LogP contribution in [0.3, 0.4) is 0 Å². The molecule has 0 aromatic heterocycles. The SMILES string of the molecule is NCC1(F)CCc2cccc(O)c21. The molecule has 1 atom stereocenters. The van der Waals surface area contributed by atoms with Gasteiger partial charge < -0.3 is 10.8 Å². The summed E-state index contributed by atoms with van der Waals surface area (Å²) >= 11 is 0. The zero-order valence-corrected chi connectivity index (χ0v) is 7.26. The van der Waals surface area contributed by atoms with Gasteiger partial charge in [0.2, 0.25) is 0 Å². The Labute approximate surface area is 76.2 Å². The van der Waals surface area contributed by atoms with E-state index in [4.69, 9.17) is 5.73 Å². The first kappa shape index (κ1) is 8.51. The molecule has 0 spiro atoms. The molecule has 1 aliphatic rings. The summed E-state index contributed by atoms with van der Waals surface area (Å²) in [6, 6.07) is 5.08. The number of phenolic OH excluding ortho intramolecular Hbond substituents is 1. The maximum absolute atomic E-state index is 14.0. The van der Waals surface area contributed by atoms with Crippen LogP contribution >= 0.6 is 0 Å². The van der Waals surface area contributed by atoms with Crippen molar-refractivity contribution in [1.82, 2.24) is 0 Å². The molecule has 0 saturated carbocycles. The van der Waals surface area contributed by atoms with Gasteiger partial charge in [0.1, 0.15) is 5.75 Å². The summed E-state index contributed by atoms with van der Waals surface area (Å²) in [4.78, 5) is 0. The Hall–Kier alpha value is -1.09. The van der Waals surface area contributed by atoms with Crippen molar-refractivity contribution in [3.8, 4) is 5.75 Å². The first-order valence-electron chi connectivity index (χ1n) is 4.38. The molecule has 2 nitrogen and oxygen atoms in total. The minimum absolute atomic E-state index is 0.0305. The molecule has 0 amide bonds. The topological polar surface area (TPSA) is 46.2 Å². The van der Waals surface area contributed by atoms with Crippen LogP contribution in [0, 0.1) is 0 Å². The number of phenols is 1. The number of rotatable bonds is 1. The van der Waals surface area contributed by atoms with E-state index in [9.17, 15) is 9.50 Å². The van der Waals surface area contributed by atoms with Gasteiger partial charge in [-0.25, -0.2) is 4.39 Å². The Balaban J connectivity index is 2.58. The first-order chi connectivity index (χ1) is 6.17. The van der Waals surface area contributed by atoms with Crippen LogP contribution in [0.1, 0.15) is 17.5 Å². The van der Waals surface area contributed by atoms with Crippen molar-refractivity contribution in [2.75, 3.05) is 6.54 Å². The summed E-state index contributed by atoms with van der Waals surface area (Å²) in [5, 5.41) is 9.50. The molecule has 2 rings (SSSR count). The molecule has 3 N–H and O–H groups in total. The second-order valence-electron chi connectivity index (χ2n) is 3.48.